The van der Waals surface area contributed by atoms with Crippen molar-refractivity contribution < 1.29 is 4.92 Å². The van der Waals surface area contributed by atoms with Gasteiger partial charge in [-0.3, -0.25) is 10.1 Å². The van der Waals surface area contributed by atoms with Gasteiger partial charge < -0.3 is 5.32 Å². The summed E-state index contributed by atoms with van der Waals surface area (Å²) in [5.74, 6) is 2.94. The molecule has 0 amide bonds. The maximum Gasteiger partial charge on any atom is 0.293 e. The van der Waals surface area contributed by atoms with Gasteiger partial charge in [0.1, 0.15) is 5.69 Å². The molecule has 1 saturated heterocycles. The fourth-order valence-corrected chi connectivity index (χ4v) is 4.50. The molecule has 1 aliphatic rings. The maximum atomic E-state index is 11.2. The lowest BCUT2D eigenvalue weighted by Crippen LogP contribution is -2.14. The molecule has 3 rings (SSSR count). The van der Waals surface area contributed by atoms with Crippen LogP contribution in [0.3, 0.4) is 0 Å². The molecule has 5 nitrogen and oxygen atoms in total. The summed E-state index contributed by atoms with van der Waals surface area (Å²) in [5, 5.41) is 15.4. The Morgan fingerprint density at radius 3 is 3.10 bits per heavy atom. The third kappa shape index (κ3) is 2.73. The quantitative estimate of drug-likeness (QED) is 0.689. The molecule has 106 valence electrons. The third-order valence-electron chi connectivity index (χ3n) is 3.41. The number of nitro benzene ring substituents is 1. The second-order valence-corrected chi connectivity index (χ2v) is 7.32. The van der Waals surface area contributed by atoms with Crippen molar-refractivity contribution >= 4 is 44.7 Å². The normalized spacial score (nSPS) is 18.6. The fourth-order valence-electron chi connectivity index (χ4n) is 2.37. The van der Waals surface area contributed by atoms with Gasteiger partial charge in [0, 0.05) is 12.6 Å². The summed E-state index contributed by atoms with van der Waals surface area (Å²) in [6.07, 6.45) is 1.18. The third-order valence-corrected chi connectivity index (χ3v) is 5.58. The van der Waals surface area contributed by atoms with E-state index in [1.54, 1.807) is 12.1 Å². The fraction of sp³-hybridized carbons (Fsp3) is 0.462. The van der Waals surface area contributed by atoms with Gasteiger partial charge in [-0.25, -0.2) is 4.98 Å². The molecule has 7 heteroatoms. The molecule has 1 aromatic carbocycles. The van der Waals surface area contributed by atoms with E-state index >= 15 is 0 Å². The predicted molar refractivity (Wildman–Crippen MR) is 84.9 cm³/mol. The molecule has 20 heavy (non-hydrogen) atoms. The molecule has 0 spiro atoms. The molecule has 0 radical (unpaired) electrons. The summed E-state index contributed by atoms with van der Waals surface area (Å²) in [5.41, 5.74) is 1.57. The van der Waals surface area contributed by atoms with E-state index in [4.69, 9.17) is 0 Å². The summed E-state index contributed by atoms with van der Waals surface area (Å²) < 4.78 is 0.871. The van der Waals surface area contributed by atoms with Crippen LogP contribution in [-0.2, 0) is 0 Å². The first-order valence-electron chi connectivity index (χ1n) is 6.50. The molecule has 1 aliphatic heterocycles. The second-order valence-electron chi connectivity index (χ2n) is 4.94. The smallest absolute Gasteiger partial charge is 0.293 e. The lowest BCUT2D eigenvalue weighted by Gasteiger charge is -2.11. The van der Waals surface area contributed by atoms with Gasteiger partial charge >= 0.3 is 0 Å². The summed E-state index contributed by atoms with van der Waals surface area (Å²) in [6, 6.07) is 3.44. The zero-order chi connectivity index (χ0) is 14.1. The molecule has 2 aromatic rings. The number of aromatic nitrogens is 1. The van der Waals surface area contributed by atoms with Crippen molar-refractivity contribution in [3.8, 4) is 0 Å². The standard InChI is InChI=1S/C13H15N3O2S2/c1-8-15-11-4-10(14-6-9-2-3-19-7-9)12(16(17)18)5-13(11)20-8/h4-5,9,14H,2-3,6-7H2,1H3. The van der Waals surface area contributed by atoms with Crippen molar-refractivity contribution in [3.63, 3.8) is 0 Å². The minimum absolute atomic E-state index is 0.145. The molecule has 1 aromatic heterocycles. The van der Waals surface area contributed by atoms with Gasteiger partial charge in [-0.1, -0.05) is 0 Å². The van der Waals surface area contributed by atoms with Crippen LogP contribution in [0, 0.1) is 23.0 Å². The second kappa shape index (κ2) is 5.57. The largest absolute Gasteiger partial charge is 0.379 e. The lowest BCUT2D eigenvalue weighted by molar-refractivity contribution is -0.383. The predicted octanol–water partition coefficient (Wildman–Crippen LogP) is 3.68. The Kier molecular flexibility index (Phi) is 3.80. The molecular formula is C13H15N3O2S2. The van der Waals surface area contributed by atoms with Crippen LogP contribution in [0.5, 0.6) is 0 Å². The van der Waals surface area contributed by atoms with E-state index in [0.717, 1.165) is 27.5 Å². The van der Waals surface area contributed by atoms with Crippen molar-refractivity contribution in [1.82, 2.24) is 4.98 Å². The molecule has 0 saturated carbocycles. The van der Waals surface area contributed by atoms with Crippen molar-refractivity contribution in [1.29, 1.82) is 0 Å². The molecule has 1 N–H and O–H groups in total. The maximum absolute atomic E-state index is 11.2. The van der Waals surface area contributed by atoms with Gasteiger partial charge in [0.25, 0.3) is 5.69 Å². The van der Waals surface area contributed by atoms with Gasteiger partial charge in [-0.15, -0.1) is 11.3 Å². The Hall–Kier alpha value is -1.34. The highest BCUT2D eigenvalue weighted by Gasteiger charge is 2.20. The van der Waals surface area contributed by atoms with E-state index in [0.29, 0.717) is 11.6 Å². The van der Waals surface area contributed by atoms with E-state index in [2.05, 4.69) is 10.3 Å². The molecule has 1 unspecified atom stereocenters. The van der Waals surface area contributed by atoms with Crippen LogP contribution < -0.4 is 5.32 Å². The number of anilines is 1. The Bertz CT molecular complexity index is 650. The van der Waals surface area contributed by atoms with E-state index < -0.39 is 0 Å². The minimum Gasteiger partial charge on any atom is -0.379 e. The van der Waals surface area contributed by atoms with Crippen LogP contribution in [0.1, 0.15) is 11.4 Å². The molecule has 2 heterocycles. The number of thiazole rings is 1. The Morgan fingerprint density at radius 2 is 2.40 bits per heavy atom. The lowest BCUT2D eigenvalue weighted by atomic mass is 10.1. The molecular weight excluding hydrogens is 294 g/mol. The molecule has 0 bridgehead atoms. The zero-order valence-corrected chi connectivity index (χ0v) is 12.7. The number of benzene rings is 1. The highest BCUT2D eigenvalue weighted by Crippen LogP contribution is 2.33. The van der Waals surface area contributed by atoms with Crippen LogP contribution in [0.4, 0.5) is 11.4 Å². The summed E-state index contributed by atoms with van der Waals surface area (Å²) in [6.45, 7) is 2.71. The number of thioether (sulfide) groups is 1. The van der Waals surface area contributed by atoms with Gasteiger partial charge in [0.2, 0.25) is 0 Å². The first kappa shape index (κ1) is 13.6. The van der Waals surface area contributed by atoms with Crippen LogP contribution >= 0.6 is 23.1 Å². The van der Waals surface area contributed by atoms with Crippen molar-refractivity contribution in [3.05, 3.63) is 27.3 Å². The van der Waals surface area contributed by atoms with Crippen molar-refractivity contribution in [2.75, 3.05) is 23.4 Å². The Balaban J connectivity index is 1.89. The molecule has 1 fully saturated rings. The first-order valence-corrected chi connectivity index (χ1v) is 8.48. The Labute approximate surface area is 124 Å². The molecule has 0 aliphatic carbocycles. The number of rotatable bonds is 4. The highest BCUT2D eigenvalue weighted by molar-refractivity contribution is 7.99. The Morgan fingerprint density at radius 1 is 1.55 bits per heavy atom. The van der Waals surface area contributed by atoms with E-state index in [1.165, 1.54) is 23.5 Å². The number of nitrogens with zero attached hydrogens (tertiary/aromatic N) is 2. The first-order chi connectivity index (χ1) is 9.63. The van der Waals surface area contributed by atoms with Gasteiger partial charge in [-0.2, -0.15) is 11.8 Å². The minimum atomic E-state index is -0.319. The van der Waals surface area contributed by atoms with E-state index in [-0.39, 0.29) is 10.6 Å². The van der Waals surface area contributed by atoms with E-state index in [1.807, 2.05) is 18.7 Å². The number of nitro groups is 1. The molecule has 1 atom stereocenters. The van der Waals surface area contributed by atoms with Crippen molar-refractivity contribution in [2.24, 2.45) is 5.92 Å². The zero-order valence-electron chi connectivity index (χ0n) is 11.1. The van der Waals surface area contributed by atoms with Crippen LogP contribution in [0.25, 0.3) is 10.2 Å². The number of hydrogen-bond donors (Lipinski definition) is 1. The topological polar surface area (TPSA) is 68.1 Å². The average Bonchev–Trinajstić information content (AvgIpc) is 3.02. The summed E-state index contributed by atoms with van der Waals surface area (Å²) >= 11 is 3.44. The number of aryl methyl sites for hydroxylation is 1. The van der Waals surface area contributed by atoms with E-state index in [9.17, 15) is 10.1 Å². The van der Waals surface area contributed by atoms with Gasteiger partial charge in [0.05, 0.1) is 20.1 Å². The monoisotopic (exact) mass is 309 g/mol. The summed E-state index contributed by atoms with van der Waals surface area (Å²) in [4.78, 5) is 15.3. The van der Waals surface area contributed by atoms with Gasteiger partial charge in [0.15, 0.2) is 0 Å². The van der Waals surface area contributed by atoms with Crippen LogP contribution in [0.2, 0.25) is 0 Å². The summed E-state index contributed by atoms with van der Waals surface area (Å²) in [7, 11) is 0. The van der Waals surface area contributed by atoms with Crippen molar-refractivity contribution in [2.45, 2.75) is 13.3 Å². The number of hydrogen-bond acceptors (Lipinski definition) is 6. The number of nitrogens with one attached hydrogen (secondary N) is 1. The highest BCUT2D eigenvalue weighted by atomic mass is 32.2. The number of fused-ring (bicyclic) bond motifs is 1. The van der Waals surface area contributed by atoms with Crippen LogP contribution in [-0.4, -0.2) is 28.0 Å². The van der Waals surface area contributed by atoms with Gasteiger partial charge in [-0.05, 0) is 36.8 Å². The average molecular weight is 309 g/mol. The SMILES string of the molecule is Cc1nc2cc(NCC3CCSC3)c([N+](=O)[O-])cc2s1. The van der Waals surface area contributed by atoms with Crippen LogP contribution in [0.15, 0.2) is 12.1 Å².